The van der Waals surface area contributed by atoms with Gasteiger partial charge in [0.25, 0.3) is 0 Å². The van der Waals surface area contributed by atoms with E-state index in [-0.39, 0.29) is 29.6 Å². The molecule has 4 atom stereocenters. The maximum Gasteiger partial charge on any atom is 0.128 e. The summed E-state index contributed by atoms with van der Waals surface area (Å²) in [5.74, 6) is 0.175. The fraction of sp³-hybridized carbons (Fsp3) is 0.357. The molecule has 0 spiro atoms. The Bertz CT molecular complexity index is 1090. The number of para-hydroxylation sites is 1. The Morgan fingerprint density at radius 2 is 1.39 bits per heavy atom. The zero-order chi connectivity index (χ0) is 23.2. The largest absolute Gasteiger partial charge is 0.393 e. The zero-order valence-corrected chi connectivity index (χ0v) is 22.2. The van der Waals surface area contributed by atoms with Gasteiger partial charge in [0.2, 0.25) is 0 Å². The van der Waals surface area contributed by atoms with Crippen LogP contribution in [0.4, 0.5) is 11.4 Å². The monoisotopic (exact) mass is 568 g/mol. The molecule has 33 heavy (non-hydrogen) atoms. The molecule has 1 aliphatic heterocycles. The Kier molecular flexibility index (Phi) is 6.32. The second kappa shape index (κ2) is 9.09. The standard InChI is InChI=1S/C28H30Br2N2O/c1-28(2)16-25-24(26(33)17-28)18-31(22-14-12-21(30)13-15-22)27(19-8-10-20(29)11-9-19)32(25)23-6-4-3-5-7-23/h3-15,24-27,33H,16-18H2,1-2H3. The van der Waals surface area contributed by atoms with Gasteiger partial charge >= 0.3 is 0 Å². The van der Waals surface area contributed by atoms with Crippen LogP contribution in [0.15, 0.2) is 87.8 Å². The van der Waals surface area contributed by atoms with Gasteiger partial charge in [-0.05, 0) is 72.4 Å². The maximum absolute atomic E-state index is 11.3. The lowest BCUT2D eigenvalue weighted by atomic mass is 9.66. The van der Waals surface area contributed by atoms with E-state index < -0.39 is 0 Å². The minimum Gasteiger partial charge on any atom is -0.393 e. The number of hydrogen-bond acceptors (Lipinski definition) is 3. The lowest BCUT2D eigenvalue weighted by Gasteiger charge is -2.59. The smallest absolute Gasteiger partial charge is 0.128 e. The number of aliphatic hydroxyl groups is 1. The summed E-state index contributed by atoms with van der Waals surface area (Å²) in [4.78, 5) is 5.05. The van der Waals surface area contributed by atoms with Crippen LogP contribution in [-0.2, 0) is 0 Å². The summed E-state index contributed by atoms with van der Waals surface area (Å²) in [5.41, 5.74) is 3.72. The van der Waals surface area contributed by atoms with E-state index in [0.717, 1.165) is 28.3 Å². The predicted octanol–water partition coefficient (Wildman–Crippen LogP) is 7.40. The van der Waals surface area contributed by atoms with Crippen molar-refractivity contribution in [1.82, 2.24) is 0 Å². The highest BCUT2D eigenvalue weighted by Crippen LogP contribution is 2.49. The number of aliphatic hydroxyl groups excluding tert-OH is 1. The Balaban J connectivity index is 1.69. The van der Waals surface area contributed by atoms with E-state index in [1.54, 1.807) is 0 Å². The molecule has 172 valence electrons. The molecule has 2 aliphatic rings. The van der Waals surface area contributed by atoms with Crippen molar-refractivity contribution in [2.75, 3.05) is 16.3 Å². The number of hydrogen-bond donors (Lipinski definition) is 1. The van der Waals surface area contributed by atoms with Crippen LogP contribution in [0.25, 0.3) is 0 Å². The van der Waals surface area contributed by atoms with Crippen LogP contribution in [-0.4, -0.2) is 23.8 Å². The molecule has 5 heteroatoms. The van der Waals surface area contributed by atoms with Crippen molar-refractivity contribution in [2.45, 2.75) is 45.0 Å². The molecular weight excluding hydrogens is 540 g/mol. The second-order valence-corrected chi connectivity index (χ2v) is 12.0. The molecule has 1 saturated carbocycles. The first-order valence-electron chi connectivity index (χ1n) is 11.6. The number of rotatable bonds is 3. The molecule has 3 nitrogen and oxygen atoms in total. The molecule has 1 aliphatic carbocycles. The average Bonchev–Trinajstić information content (AvgIpc) is 2.79. The van der Waals surface area contributed by atoms with Crippen LogP contribution < -0.4 is 9.80 Å². The summed E-state index contributed by atoms with van der Waals surface area (Å²) in [6.45, 7) is 5.42. The lowest BCUT2D eigenvalue weighted by Crippen LogP contribution is -2.63. The van der Waals surface area contributed by atoms with Crippen molar-refractivity contribution in [3.63, 3.8) is 0 Å². The highest BCUT2D eigenvalue weighted by Gasteiger charge is 2.50. The molecule has 3 aromatic carbocycles. The van der Waals surface area contributed by atoms with Gasteiger partial charge in [0.15, 0.2) is 0 Å². The molecule has 0 aromatic heterocycles. The molecule has 1 N–H and O–H groups in total. The molecule has 2 fully saturated rings. The van der Waals surface area contributed by atoms with Crippen LogP contribution in [0.5, 0.6) is 0 Å². The van der Waals surface area contributed by atoms with Gasteiger partial charge in [0.05, 0.1) is 6.10 Å². The summed E-state index contributed by atoms with van der Waals surface area (Å²) in [6.07, 6.45) is 1.61. The van der Waals surface area contributed by atoms with E-state index in [1.807, 2.05) is 0 Å². The van der Waals surface area contributed by atoms with Gasteiger partial charge in [-0.2, -0.15) is 0 Å². The summed E-state index contributed by atoms with van der Waals surface area (Å²) >= 11 is 7.20. The van der Waals surface area contributed by atoms with Gasteiger partial charge in [-0.1, -0.05) is 76.0 Å². The third-order valence-corrected chi connectivity index (χ3v) is 8.27. The van der Waals surface area contributed by atoms with Crippen LogP contribution in [0.2, 0.25) is 0 Å². The van der Waals surface area contributed by atoms with Crippen LogP contribution in [0, 0.1) is 11.3 Å². The van der Waals surface area contributed by atoms with Crippen molar-refractivity contribution >= 4 is 43.2 Å². The molecule has 0 amide bonds. The molecule has 1 saturated heterocycles. The average molecular weight is 570 g/mol. The highest BCUT2D eigenvalue weighted by atomic mass is 79.9. The zero-order valence-electron chi connectivity index (χ0n) is 19.0. The minimum atomic E-state index is -0.325. The molecule has 5 rings (SSSR count). The van der Waals surface area contributed by atoms with Gasteiger partial charge in [-0.15, -0.1) is 0 Å². The lowest BCUT2D eigenvalue weighted by molar-refractivity contribution is -0.00719. The Hall–Kier alpha value is -1.82. The van der Waals surface area contributed by atoms with Crippen LogP contribution in [0.1, 0.15) is 38.4 Å². The van der Waals surface area contributed by atoms with E-state index in [0.29, 0.717) is 0 Å². The van der Waals surface area contributed by atoms with Gasteiger partial charge in [-0.25, -0.2) is 0 Å². The molecule has 1 heterocycles. The fourth-order valence-electron chi connectivity index (χ4n) is 5.77. The number of benzene rings is 3. The molecule has 4 unspecified atom stereocenters. The Morgan fingerprint density at radius 1 is 0.788 bits per heavy atom. The van der Waals surface area contributed by atoms with E-state index in [9.17, 15) is 5.11 Å². The van der Waals surface area contributed by atoms with Gasteiger partial charge in [0.1, 0.15) is 6.17 Å². The van der Waals surface area contributed by atoms with Crippen LogP contribution in [0.3, 0.4) is 0 Å². The summed E-state index contributed by atoms with van der Waals surface area (Å²) in [7, 11) is 0. The Morgan fingerprint density at radius 3 is 2.03 bits per heavy atom. The van der Waals surface area contributed by atoms with E-state index in [1.165, 1.54) is 16.9 Å². The highest BCUT2D eigenvalue weighted by molar-refractivity contribution is 9.10. The van der Waals surface area contributed by atoms with Gasteiger partial charge < -0.3 is 14.9 Å². The number of anilines is 2. The quantitative estimate of drug-likeness (QED) is 0.356. The fourth-order valence-corrected chi connectivity index (χ4v) is 6.30. The first-order chi connectivity index (χ1) is 15.8. The number of nitrogens with zero attached hydrogens (tertiary/aromatic N) is 2. The van der Waals surface area contributed by atoms with Crippen molar-refractivity contribution in [1.29, 1.82) is 0 Å². The number of fused-ring (bicyclic) bond motifs is 1. The summed E-state index contributed by atoms with van der Waals surface area (Å²) in [6, 6.07) is 28.3. The van der Waals surface area contributed by atoms with Crippen molar-refractivity contribution in [3.8, 4) is 0 Å². The topological polar surface area (TPSA) is 26.7 Å². The maximum atomic E-state index is 11.3. The molecule has 0 bridgehead atoms. The molecule has 3 aromatic rings. The second-order valence-electron chi connectivity index (χ2n) is 10.2. The number of halogens is 2. The normalized spacial score (nSPS) is 26.7. The van der Waals surface area contributed by atoms with Crippen molar-refractivity contribution in [2.24, 2.45) is 11.3 Å². The SMILES string of the molecule is CC1(C)CC(O)C2CN(c3ccc(Br)cc3)C(c3ccc(Br)cc3)N(c3ccccc3)C2C1. The van der Waals surface area contributed by atoms with Gasteiger partial charge in [-0.3, -0.25) is 0 Å². The van der Waals surface area contributed by atoms with Crippen molar-refractivity contribution in [3.05, 3.63) is 93.4 Å². The third kappa shape index (κ3) is 4.60. The Labute approximate surface area is 213 Å². The predicted molar refractivity (Wildman–Crippen MR) is 144 cm³/mol. The van der Waals surface area contributed by atoms with Crippen LogP contribution >= 0.6 is 31.9 Å². The van der Waals surface area contributed by atoms with Gasteiger partial charge in [0, 0.05) is 38.8 Å². The van der Waals surface area contributed by atoms with E-state index in [4.69, 9.17) is 0 Å². The first kappa shape index (κ1) is 22.9. The van der Waals surface area contributed by atoms with Crippen molar-refractivity contribution < 1.29 is 5.11 Å². The van der Waals surface area contributed by atoms with E-state index in [2.05, 4.69) is 134 Å². The molecular formula is C28H30Br2N2O. The molecule has 0 radical (unpaired) electrons. The third-order valence-electron chi connectivity index (χ3n) is 7.22. The minimum absolute atomic E-state index is 0.0315. The first-order valence-corrected chi connectivity index (χ1v) is 13.2. The summed E-state index contributed by atoms with van der Waals surface area (Å²) < 4.78 is 2.15. The van der Waals surface area contributed by atoms with E-state index >= 15 is 0 Å². The summed E-state index contributed by atoms with van der Waals surface area (Å²) in [5, 5.41) is 11.3.